The fraction of sp³-hybridized carbons (Fsp3) is 0.407. The Hall–Kier alpha value is -3.84. The smallest absolute Gasteiger partial charge is 0.478 e. The minimum absolute atomic E-state index is 0.0911. The molecule has 10 nitrogen and oxygen atoms in total. The first-order valence-electron chi connectivity index (χ1n) is 12.8. The van der Waals surface area contributed by atoms with Gasteiger partial charge in [0.1, 0.15) is 5.54 Å². The van der Waals surface area contributed by atoms with Crippen LogP contribution < -0.4 is 16.0 Å². The molecular formula is C27H30ClF3N4O6. The van der Waals surface area contributed by atoms with E-state index in [0.717, 1.165) is 25.9 Å². The van der Waals surface area contributed by atoms with Crippen molar-refractivity contribution in [3.05, 3.63) is 58.6 Å². The second-order valence-electron chi connectivity index (χ2n) is 9.74. The van der Waals surface area contributed by atoms with Gasteiger partial charge in [-0.05, 0) is 75.2 Å². The highest BCUT2D eigenvalue weighted by atomic mass is 35.5. The third-order valence-corrected chi connectivity index (χ3v) is 7.40. The number of alkyl halides is 3. The van der Waals surface area contributed by atoms with E-state index in [1.807, 2.05) is 4.90 Å². The molecule has 0 aliphatic carbocycles. The van der Waals surface area contributed by atoms with Gasteiger partial charge < -0.3 is 26.2 Å². The number of amides is 2. The molecule has 2 aliphatic rings. The van der Waals surface area contributed by atoms with Crippen molar-refractivity contribution in [1.29, 1.82) is 0 Å². The van der Waals surface area contributed by atoms with Gasteiger partial charge in [0.05, 0.1) is 11.3 Å². The predicted molar refractivity (Wildman–Crippen MR) is 145 cm³/mol. The Morgan fingerprint density at radius 2 is 1.54 bits per heavy atom. The Labute approximate surface area is 238 Å². The Kier molecular flexibility index (Phi) is 10.2. The maximum absolute atomic E-state index is 12.5. The summed E-state index contributed by atoms with van der Waals surface area (Å²) in [6, 6.07) is 11.4. The molecular weight excluding hydrogens is 569 g/mol. The van der Waals surface area contributed by atoms with Crippen molar-refractivity contribution in [2.24, 2.45) is 5.73 Å². The van der Waals surface area contributed by atoms with Crippen molar-refractivity contribution < 1.29 is 42.6 Å². The number of carbonyl (C=O) groups excluding carboxylic acids is 2. The van der Waals surface area contributed by atoms with Crippen LogP contribution in [0.2, 0.25) is 5.02 Å². The van der Waals surface area contributed by atoms with E-state index in [9.17, 15) is 32.7 Å². The van der Waals surface area contributed by atoms with Gasteiger partial charge in [-0.2, -0.15) is 13.2 Å². The Morgan fingerprint density at radius 1 is 0.927 bits per heavy atom. The second-order valence-corrected chi connectivity index (χ2v) is 10.2. The molecule has 0 atom stereocenters. The number of aromatic carboxylic acids is 1. The van der Waals surface area contributed by atoms with E-state index in [1.54, 1.807) is 36.4 Å². The average molecular weight is 599 g/mol. The summed E-state index contributed by atoms with van der Waals surface area (Å²) in [7, 11) is 0. The molecule has 0 spiro atoms. The molecule has 2 amide bonds. The van der Waals surface area contributed by atoms with Gasteiger partial charge in [-0.25, -0.2) is 9.59 Å². The molecule has 5 N–H and O–H groups in total. The van der Waals surface area contributed by atoms with E-state index in [-0.39, 0.29) is 17.4 Å². The van der Waals surface area contributed by atoms with Crippen LogP contribution in [-0.2, 0) is 9.59 Å². The molecule has 41 heavy (non-hydrogen) atoms. The highest BCUT2D eigenvalue weighted by molar-refractivity contribution is 6.31. The molecule has 2 aromatic carbocycles. The van der Waals surface area contributed by atoms with Crippen LogP contribution in [-0.4, -0.2) is 76.8 Å². The van der Waals surface area contributed by atoms with Gasteiger partial charge in [0.2, 0.25) is 5.91 Å². The first-order valence-corrected chi connectivity index (χ1v) is 13.2. The number of halogens is 4. The van der Waals surface area contributed by atoms with Crippen molar-refractivity contribution in [2.45, 2.75) is 43.8 Å². The maximum Gasteiger partial charge on any atom is 0.490 e. The van der Waals surface area contributed by atoms with Gasteiger partial charge in [0.15, 0.2) is 0 Å². The number of aliphatic carboxylic acids is 1. The Morgan fingerprint density at radius 3 is 2.05 bits per heavy atom. The zero-order valence-corrected chi connectivity index (χ0v) is 22.7. The average Bonchev–Trinajstić information content (AvgIpc) is 2.93. The molecule has 4 rings (SSSR count). The van der Waals surface area contributed by atoms with Gasteiger partial charge in [-0.3, -0.25) is 14.5 Å². The summed E-state index contributed by atoms with van der Waals surface area (Å²) in [5.74, 6) is -4.52. The number of hydrogen-bond donors (Lipinski definition) is 4. The fourth-order valence-corrected chi connectivity index (χ4v) is 5.24. The Bertz CT molecular complexity index is 1290. The quantitative estimate of drug-likeness (QED) is 0.385. The molecule has 0 saturated carbocycles. The van der Waals surface area contributed by atoms with Crippen LogP contribution in [0.5, 0.6) is 0 Å². The highest BCUT2D eigenvalue weighted by Crippen LogP contribution is 2.35. The lowest BCUT2D eigenvalue weighted by atomic mass is 9.83. The summed E-state index contributed by atoms with van der Waals surface area (Å²) in [5.41, 5.74) is 6.61. The lowest BCUT2D eigenvalue weighted by molar-refractivity contribution is -0.192. The van der Waals surface area contributed by atoms with Crippen molar-refractivity contribution in [3.8, 4) is 0 Å². The van der Waals surface area contributed by atoms with E-state index < -0.39 is 23.7 Å². The number of carboxylic acids is 2. The molecule has 2 fully saturated rings. The SMILES string of the molecule is NC(=O)C1(N2CCCCC2)CCN(c2ccc(NC(=O)c3cccc(Cl)c3)cc2C(=O)O)CC1.O=C(O)C(F)(F)F. The molecule has 2 saturated heterocycles. The molecule has 2 aliphatic heterocycles. The lowest BCUT2D eigenvalue weighted by Gasteiger charge is -2.48. The number of hydrogen-bond acceptors (Lipinski definition) is 6. The number of likely N-dealkylation sites (tertiary alicyclic amines) is 1. The molecule has 0 aromatic heterocycles. The minimum Gasteiger partial charge on any atom is -0.478 e. The van der Waals surface area contributed by atoms with Crippen LogP contribution in [0, 0.1) is 0 Å². The first kappa shape index (κ1) is 31.7. The minimum atomic E-state index is -5.08. The zero-order valence-electron chi connectivity index (χ0n) is 21.9. The molecule has 222 valence electrons. The van der Waals surface area contributed by atoms with Crippen LogP contribution >= 0.6 is 11.6 Å². The summed E-state index contributed by atoms with van der Waals surface area (Å²) >= 11 is 5.96. The zero-order chi connectivity index (χ0) is 30.4. The van der Waals surface area contributed by atoms with Crippen LogP contribution in [0.4, 0.5) is 24.5 Å². The number of nitrogens with zero attached hydrogens (tertiary/aromatic N) is 2. The van der Waals surface area contributed by atoms with Gasteiger partial charge in [0, 0.05) is 29.4 Å². The highest BCUT2D eigenvalue weighted by Gasteiger charge is 2.45. The number of carboxylic acid groups (broad SMARTS) is 2. The molecule has 2 heterocycles. The second kappa shape index (κ2) is 13.2. The maximum atomic E-state index is 12.5. The standard InChI is InChI=1S/C25H29ClN4O4.C2HF3O2/c26-18-6-4-5-17(15-18)22(31)28-19-7-8-21(20(16-19)23(32)33)29-13-9-25(10-14-29,24(27)34)30-11-2-1-3-12-30;3-2(4,5)1(6)7/h4-8,15-16H,1-3,9-14H2,(H2,27,34)(H,28,31)(H,32,33);(H,6,7). The van der Waals surface area contributed by atoms with Crippen molar-refractivity contribution >= 4 is 46.7 Å². The number of nitrogens with one attached hydrogen (secondary N) is 1. The van der Waals surface area contributed by atoms with E-state index in [4.69, 9.17) is 27.2 Å². The number of nitrogens with two attached hydrogens (primary N) is 1. The number of carbonyl (C=O) groups is 4. The van der Waals surface area contributed by atoms with E-state index in [0.29, 0.717) is 47.9 Å². The monoisotopic (exact) mass is 598 g/mol. The number of benzene rings is 2. The van der Waals surface area contributed by atoms with Gasteiger partial charge in [-0.1, -0.05) is 24.1 Å². The van der Waals surface area contributed by atoms with E-state index in [1.165, 1.54) is 12.5 Å². The van der Waals surface area contributed by atoms with Gasteiger partial charge >= 0.3 is 18.1 Å². The van der Waals surface area contributed by atoms with E-state index >= 15 is 0 Å². The largest absolute Gasteiger partial charge is 0.490 e. The van der Waals surface area contributed by atoms with Crippen LogP contribution in [0.25, 0.3) is 0 Å². The summed E-state index contributed by atoms with van der Waals surface area (Å²) in [4.78, 5) is 50.2. The fourth-order valence-electron chi connectivity index (χ4n) is 5.05. The molecule has 0 radical (unpaired) electrons. The Balaban J connectivity index is 0.000000587. The van der Waals surface area contributed by atoms with Crippen LogP contribution in [0.3, 0.4) is 0 Å². The molecule has 0 unspecified atom stereocenters. The third-order valence-electron chi connectivity index (χ3n) is 7.17. The number of primary amides is 1. The number of rotatable bonds is 6. The van der Waals surface area contributed by atoms with Gasteiger partial charge in [-0.15, -0.1) is 0 Å². The van der Waals surface area contributed by atoms with E-state index in [2.05, 4.69) is 10.2 Å². The normalized spacial score (nSPS) is 17.1. The summed E-state index contributed by atoms with van der Waals surface area (Å²) in [6.45, 7) is 2.77. The first-order chi connectivity index (χ1) is 19.2. The van der Waals surface area contributed by atoms with Crippen molar-refractivity contribution in [1.82, 2.24) is 4.90 Å². The lowest BCUT2D eigenvalue weighted by Crippen LogP contribution is -2.63. The topological polar surface area (TPSA) is 153 Å². The van der Waals surface area contributed by atoms with Gasteiger partial charge in [0.25, 0.3) is 5.91 Å². The van der Waals surface area contributed by atoms with Crippen molar-refractivity contribution in [2.75, 3.05) is 36.4 Å². The molecule has 14 heteroatoms. The predicted octanol–water partition coefficient (Wildman–Crippen LogP) is 4.23. The summed E-state index contributed by atoms with van der Waals surface area (Å²) in [6.07, 6.45) is -0.697. The molecule has 2 aromatic rings. The third kappa shape index (κ3) is 7.88. The number of anilines is 2. The van der Waals surface area contributed by atoms with Crippen LogP contribution in [0.1, 0.15) is 52.8 Å². The van der Waals surface area contributed by atoms with Crippen molar-refractivity contribution in [3.63, 3.8) is 0 Å². The summed E-state index contributed by atoms with van der Waals surface area (Å²) in [5, 5.41) is 20.2. The summed E-state index contributed by atoms with van der Waals surface area (Å²) < 4.78 is 31.7. The van der Waals surface area contributed by atoms with Crippen LogP contribution in [0.15, 0.2) is 42.5 Å². The molecule has 0 bridgehead atoms. The number of piperidine rings is 2.